The second kappa shape index (κ2) is 5.99. The molecule has 2 rings (SSSR count). The Labute approximate surface area is 120 Å². The van der Waals surface area contributed by atoms with Gasteiger partial charge in [-0.1, -0.05) is 18.2 Å². The molecule has 0 saturated carbocycles. The molecule has 0 atom stereocenters. The maximum atomic E-state index is 14.0. The first-order valence-corrected chi connectivity index (χ1v) is 6.25. The quantitative estimate of drug-likeness (QED) is 0.787. The number of carbonyl (C=O) groups is 1. The van der Waals surface area contributed by atoms with Crippen LogP contribution >= 0.6 is 0 Å². The van der Waals surface area contributed by atoms with Crippen LogP contribution in [-0.2, 0) is 0 Å². The SMILES string of the molecule is Cc1cc(C)c(C(=O)c2cccc(OC(F)F)c2)c(F)c1. The fourth-order valence-corrected chi connectivity index (χ4v) is 2.16. The highest BCUT2D eigenvalue weighted by Gasteiger charge is 2.18. The van der Waals surface area contributed by atoms with Gasteiger partial charge in [0, 0.05) is 5.56 Å². The van der Waals surface area contributed by atoms with E-state index in [1.807, 2.05) is 0 Å². The Morgan fingerprint density at radius 2 is 1.86 bits per heavy atom. The van der Waals surface area contributed by atoms with Crippen molar-refractivity contribution in [2.75, 3.05) is 0 Å². The number of hydrogen-bond donors (Lipinski definition) is 0. The highest BCUT2D eigenvalue weighted by atomic mass is 19.3. The number of ketones is 1. The molecule has 0 saturated heterocycles. The number of rotatable bonds is 4. The monoisotopic (exact) mass is 294 g/mol. The third-order valence-electron chi connectivity index (χ3n) is 2.98. The summed E-state index contributed by atoms with van der Waals surface area (Å²) in [6.07, 6.45) is 0. The number of alkyl halides is 2. The van der Waals surface area contributed by atoms with Gasteiger partial charge in [0.2, 0.25) is 0 Å². The van der Waals surface area contributed by atoms with Crippen molar-refractivity contribution >= 4 is 5.78 Å². The van der Waals surface area contributed by atoms with E-state index < -0.39 is 18.2 Å². The van der Waals surface area contributed by atoms with Crippen LogP contribution in [0.3, 0.4) is 0 Å². The zero-order chi connectivity index (χ0) is 15.6. The van der Waals surface area contributed by atoms with Crippen molar-refractivity contribution in [3.8, 4) is 5.75 Å². The summed E-state index contributed by atoms with van der Waals surface area (Å²) in [6.45, 7) is 0.373. The Kier molecular flexibility index (Phi) is 4.31. The van der Waals surface area contributed by atoms with Gasteiger partial charge in [-0.2, -0.15) is 8.78 Å². The maximum absolute atomic E-state index is 14.0. The first kappa shape index (κ1) is 15.1. The molecule has 0 aromatic heterocycles. The van der Waals surface area contributed by atoms with Crippen LogP contribution in [0.5, 0.6) is 5.75 Å². The van der Waals surface area contributed by atoms with Gasteiger partial charge in [-0.25, -0.2) is 4.39 Å². The van der Waals surface area contributed by atoms with Gasteiger partial charge in [0.25, 0.3) is 0 Å². The van der Waals surface area contributed by atoms with Gasteiger partial charge in [0.1, 0.15) is 11.6 Å². The highest BCUT2D eigenvalue weighted by Crippen LogP contribution is 2.22. The van der Waals surface area contributed by atoms with Crippen molar-refractivity contribution in [2.24, 2.45) is 0 Å². The van der Waals surface area contributed by atoms with E-state index in [0.29, 0.717) is 11.1 Å². The Hall–Kier alpha value is -2.30. The van der Waals surface area contributed by atoms with Gasteiger partial charge in [-0.15, -0.1) is 0 Å². The number of halogens is 3. The molecule has 0 aliphatic heterocycles. The zero-order valence-electron chi connectivity index (χ0n) is 11.5. The Bertz CT molecular complexity index is 658. The largest absolute Gasteiger partial charge is 0.435 e. The smallest absolute Gasteiger partial charge is 0.387 e. The van der Waals surface area contributed by atoms with Crippen LogP contribution in [0.2, 0.25) is 0 Å². The number of aryl methyl sites for hydroxylation is 2. The summed E-state index contributed by atoms with van der Waals surface area (Å²) in [7, 11) is 0. The summed E-state index contributed by atoms with van der Waals surface area (Å²) in [5.74, 6) is -1.33. The standard InChI is InChI=1S/C16H13F3O2/c1-9-6-10(2)14(13(17)7-9)15(20)11-4-3-5-12(8-11)21-16(18)19/h3-8,16H,1-2H3. The van der Waals surface area contributed by atoms with Crippen LogP contribution < -0.4 is 4.74 Å². The van der Waals surface area contributed by atoms with E-state index >= 15 is 0 Å². The van der Waals surface area contributed by atoms with Crippen LogP contribution in [-0.4, -0.2) is 12.4 Å². The predicted octanol–water partition coefficient (Wildman–Crippen LogP) is 4.27. The lowest BCUT2D eigenvalue weighted by Gasteiger charge is -2.09. The summed E-state index contributed by atoms with van der Waals surface area (Å²) in [5.41, 5.74) is 1.24. The van der Waals surface area contributed by atoms with E-state index in [-0.39, 0.29) is 16.9 Å². The third kappa shape index (κ3) is 3.42. The fraction of sp³-hybridized carbons (Fsp3) is 0.188. The van der Waals surface area contributed by atoms with Crippen LogP contribution in [0.1, 0.15) is 27.0 Å². The van der Waals surface area contributed by atoms with E-state index in [4.69, 9.17) is 0 Å². The molecule has 2 aromatic rings. The summed E-state index contributed by atoms with van der Waals surface area (Å²) in [5, 5.41) is 0. The van der Waals surface area contributed by atoms with Crippen LogP contribution in [0.4, 0.5) is 13.2 Å². The maximum Gasteiger partial charge on any atom is 0.387 e. The summed E-state index contributed by atoms with van der Waals surface area (Å²) >= 11 is 0. The van der Waals surface area contributed by atoms with Crippen LogP contribution in [0.25, 0.3) is 0 Å². The fourth-order valence-electron chi connectivity index (χ4n) is 2.16. The molecule has 0 radical (unpaired) electrons. The predicted molar refractivity (Wildman–Crippen MR) is 72.4 cm³/mol. The van der Waals surface area contributed by atoms with Crippen LogP contribution in [0.15, 0.2) is 36.4 Å². The first-order valence-electron chi connectivity index (χ1n) is 6.25. The minimum atomic E-state index is -2.98. The molecular weight excluding hydrogens is 281 g/mol. The van der Waals surface area contributed by atoms with Crippen molar-refractivity contribution < 1.29 is 22.7 Å². The normalized spacial score (nSPS) is 10.8. The Morgan fingerprint density at radius 1 is 1.14 bits per heavy atom. The van der Waals surface area contributed by atoms with Gasteiger partial charge < -0.3 is 4.74 Å². The minimum absolute atomic E-state index is 0.0604. The molecule has 21 heavy (non-hydrogen) atoms. The van der Waals surface area contributed by atoms with Gasteiger partial charge in [-0.3, -0.25) is 4.79 Å². The van der Waals surface area contributed by atoms with E-state index in [2.05, 4.69) is 4.74 Å². The van der Waals surface area contributed by atoms with Crippen molar-refractivity contribution in [3.05, 3.63) is 64.5 Å². The molecular formula is C16H13F3O2. The molecule has 0 heterocycles. The number of hydrogen-bond acceptors (Lipinski definition) is 2. The molecule has 0 aliphatic carbocycles. The van der Waals surface area contributed by atoms with E-state index in [0.717, 1.165) is 0 Å². The number of carbonyl (C=O) groups excluding carboxylic acids is 1. The Morgan fingerprint density at radius 3 is 2.48 bits per heavy atom. The van der Waals surface area contributed by atoms with Crippen molar-refractivity contribution in [1.29, 1.82) is 0 Å². The molecule has 0 N–H and O–H groups in total. The zero-order valence-corrected chi connectivity index (χ0v) is 11.5. The molecule has 0 amide bonds. The lowest BCUT2D eigenvalue weighted by Crippen LogP contribution is -2.08. The second-order valence-electron chi connectivity index (χ2n) is 4.67. The number of benzene rings is 2. The molecule has 110 valence electrons. The molecule has 0 aliphatic rings. The third-order valence-corrected chi connectivity index (χ3v) is 2.98. The average molecular weight is 294 g/mol. The van der Waals surface area contributed by atoms with Crippen LogP contribution in [0, 0.1) is 19.7 Å². The van der Waals surface area contributed by atoms with Crippen molar-refractivity contribution in [2.45, 2.75) is 20.5 Å². The van der Waals surface area contributed by atoms with Gasteiger partial charge in [-0.05, 0) is 43.2 Å². The summed E-state index contributed by atoms with van der Waals surface area (Å²) in [4.78, 5) is 12.4. The van der Waals surface area contributed by atoms with E-state index in [1.54, 1.807) is 19.9 Å². The Balaban J connectivity index is 2.41. The molecule has 0 unspecified atom stereocenters. The first-order chi connectivity index (χ1) is 9.88. The second-order valence-corrected chi connectivity index (χ2v) is 4.67. The average Bonchev–Trinajstić information content (AvgIpc) is 2.36. The van der Waals surface area contributed by atoms with Gasteiger partial charge in [0.15, 0.2) is 5.78 Å². The summed E-state index contributed by atoms with van der Waals surface area (Å²) in [6, 6.07) is 8.27. The van der Waals surface area contributed by atoms with Crippen molar-refractivity contribution in [1.82, 2.24) is 0 Å². The number of ether oxygens (including phenoxy) is 1. The van der Waals surface area contributed by atoms with Gasteiger partial charge >= 0.3 is 6.61 Å². The molecule has 0 fully saturated rings. The topological polar surface area (TPSA) is 26.3 Å². The lowest BCUT2D eigenvalue weighted by molar-refractivity contribution is -0.0498. The minimum Gasteiger partial charge on any atom is -0.435 e. The molecule has 2 aromatic carbocycles. The molecule has 0 bridgehead atoms. The van der Waals surface area contributed by atoms with Gasteiger partial charge in [0.05, 0.1) is 5.56 Å². The highest BCUT2D eigenvalue weighted by molar-refractivity contribution is 6.10. The lowest BCUT2D eigenvalue weighted by atomic mass is 9.97. The molecule has 5 heteroatoms. The van der Waals surface area contributed by atoms with E-state index in [1.165, 1.54) is 30.3 Å². The van der Waals surface area contributed by atoms with E-state index in [9.17, 15) is 18.0 Å². The summed E-state index contributed by atoms with van der Waals surface area (Å²) < 4.78 is 42.6. The molecule has 2 nitrogen and oxygen atoms in total. The molecule has 0 spiro atoms. The van der Waals surface area contributed by atoms with Crippen molar-refractivity contribution in [3.63, 3.8) is 0 Å².